The minimum atomic E-state index is -0.0751. The van der Waals surface area contributed by atoms with Crippen LogP contribution in [0.2, 0.25) is 0 Å². The summed E-state index contributed by atoms with van der Waals surface area (Å²) in [6.45, 7) is 13.0. The van der Waals surface area contributed by atoms with Crippen LogP contribution < -0.4 is 0 Å². The number of rotatable bonds is 2. The van der Waals surface area contributed by atoms with Crippen molar-refractivity contribution in [3.05, 3.63) is 0 Å². The predicted octanol–water partition coefficient (Wildman–Crippen LogP) is 6.30. The van der Waals surface area contributed by atoms with Crippen LogP contribution in [0.25, 0.3) is 0 Å². The second kappa shape index (κ2) is 7.21. The molecule has 5 rings (SSSR count). The second-order valence-electron chi connectivity index (χ2n) is 13.6. The maximum Gasteiger partial charge on any atom is 0.0568 e. The van der Waals surface area contributed by atoms with Gasteiger partial charge in [0.1, 0.15) is 0 Å². The van der Waals surface area contributed by atoms with Crippen molar-refractivity contribution in [2.24, 2.45) is 63.6 Å². The van der Waals surface area contributed by atoms with E-state index in [4.69, 9.17) is 0 Å². The molecule has 30 heavy (non-hydrogen) atoms. The van der Waals surface area contributed by atoms with Gasteiger partial charge in [0.15, 0.2) is 0 Å². The lowest BCUT2D eigenvalue weighted by Gasteiger charge is -2.68. The summed E-state index contributed by atoms with van der Waals surface area (Å²) in [6.07, 6.45) is 12.9. The van der Waals surface area contributed by atoms with Crippen LogP contribution >= 0.6 is 0 Å². The van der Waals surface area contributed by atoms with Crippen molar-refractivity contribution in [2.45, 2.75) is 105 Å². The van der Waals surface area contributed by atoms with Crippen molar-refractivity contribution in [3.8, 4) is 0 Å². The third kappa shape index (κ3) is 2.74. The maximum atomic E-state index is 10.6. The van der Waals surface area contributed by atoms with Gasteiger partial charge in [-0.2, -0.15) is 0 Å². The van der Waals surface area contributed by atoms with E-state index in [1.54, 1.807) is 0 Å². The molecule has 5 aliphatic carbocycles. The molecule has 0 aromatic heterocycles. The molecule has 5 fully saturated rings. The average Bonchev–Trinajstić information content (AvgIpc) is 3.12. The summed E-state index contributed by atoms with van der Waals surface area (Å²) < 4.78 is 0. The molecule has 2 nitrogen and oxygen atoms in total. The molecule has 2 heteroatoms. The minimum Gasteiger partial charge on any atom is -0.396 e. The number of aliphatic hydroxyl groups excluding tert-OH is 2. The van der Waals surface area contributed by atoms with Gasteiger partial charge in [0.2, 0.25) is 0 Å². The van der Waals surface area contributed by atoms with Gasteiger partial charge in [-0.1, -0.05) is 34.6 Å². The van der Waals surface area contributed by atoms with E-state index < -0.39 is 0 Å². The van der Waals surface area contributed by atoms with Gasteiger partial charge < -0.3 is 10.2 Å². The third-order valence-corrected chi connectivity index (χ3v) is 12.5. The van der Waals surface area contributed by atoms with Crippen LogP contribution in [-0.4, -0.2) is 22.9 Å². The maximum absolute atomic E-state index is 10.6. The Kier molecular flexibility index (Phi) is 5.23. The third-order valence-electron chi connectivity index (χ3n) is 12.5. The zero-order valence-corrected chi connectivity index (χ0v) is 20.4. The summed E-state index contributed by atoms with van der Waals surface area (Å²) in [4.78, 5) is 0. The molecule has 0 bridgehead atoms. The Morgan fingerprint density at radius 3 is 2.17 bits per heavy atom. The van der Waals surface area contributed by atoms with E-state index in [1.165, 1.54) is 57.8 Å². The highest BCUT2D eigenvalue weighted by molar-refractivity contribution is 5.14. The Morgan fingerprint density at radius 2 is 1.47 bits per heavy atom. The minimum absolute atomic E-state index is 0.0751. The molecule has 0 amide bonds. The highest BCUT2D eigenvalue weighted by Gasteiger charge is 2.65. The Bertz CT molecular complexity index is 659. The summed E-state index contributed by atoms with van der Waals surface area (Å²) >= 11 is 0. The van der Waals surface area contributed by atoms with Crippen LogP contribution in [0.1, 0.15) is 98.8 Å². The van der Waals surface area contributed by atoms with Crippen LogP contribution in [0, 0.1) is 63.6 Å². The molecule has 0 aromatic rings. The summed E-state index contributed by atoms with van der Waals surface area (Å²) in [7, 11) is 0. The molecule has 172 valence electrons. The molecule has 0 aromatic carbocycles. The highest BCUT2D eigenvalue weighted by Crippen LogP contribution is 2.72. The van der Waals surface area contributed by atoms with E-state index in [-0.39, 0.29) is 11.5 Å². The van der Waals surface area contributed by atoms with Gasteiger partial charge in [-0.05, 0) is 128 Å². The molecule has 5 saturated carbocycles. The number of hydrogen-bond acceptors (Lipinski definition) is 2. The van der Waals surface area contributed by atoms with Crippen LogP contribution in [0.3, 0.4) is 0 Å². The predicted molar refractivity (Wildman–Crippen MR) is 123 cm³/mol. The van der Waals surface area contributed by atoms with Crippen LogP contribution in [0.4, 0.5) is 0 Å². The standard InChI is InChI=1S/C28H48O2/c1-17(2)19-8-14-28(16-29)15-10-22-20(25(19)28)6-7-24-26(4)13-11-23(30)18(3)21(26)9-12-27(22,24)5/h17-25,29-30H,6-16H2,1-5H3/t18-,19+,20+,21-,22-,23+,24+,25+,26+,27+,28-/m1/s1. The molecule has 2 N–H and O–H groups in total. The lowest BCUT2D eigenvalue weighted by molar-refractivity contribution is -0.201. The first-order chi connectivity index (χ1) is 14.2. The van der Waals surface area contributed by atoms with Gasteiger partial charge >= 0.3 is 0 Å². The van der Waals surface area contributed by atoms with Gasteiger partial charge in [-0.3, -0.25) is 0 Å². The van der Waals surface area contributed by atoms with E-state index in [1.807, 2.05) is 0 Å². The topological polar surface area (TPSA) is 40.5 Å². The quantitative estimate of drug-likeness (QED) is 0.555. The van der Waals surface area contributed by atoms with E-state index in [0.717, 1.165) is 41.9 Å². The first-order valence-corrected chi connectivity index (χ1v) is 13.5. The zero-order valence-electron chi connectivity index (χ0n) is 20.4. The fraction of sp³-hybridized carbons (Fsp3) is 1.00. The SMILES string of the molecule is CC(C)[C@@H]1CC[C@]2(CO)CC[C@@H]3[C@H](CC[C@H]4[C@@]5(C)CC[C@H](O)[C@H](C)[C@H]5CC[C@]43C)[C@H]12. The summed E-state index contributed by atoms with van der Waals surface area (Å²) in [5, 5.41) is 21.2. The molecular weight excluding hydrogens is 368 g/mol. The lowest BCUT2D eigenvalue weighted by atomic mass is 9.37. The fourth-order valence-electron chi connectivity index (χ4n) is 11.1. The Morgan fingerprint density at radius 1 is 0.833 bits per heavy atom. The molecule has 11 atom stereocenters. The van der Waals surface area contributed by atoms with Crippen molar-refractivity contribution in [1.29, 1.82) is 0 Å². The average molecular weight is 417 g/mol. The number of fused-ring (bicyclic) bond motifs is 7. The summed E-state index contributed by atoms with van der Waals surface area (Å²) in [5.41, 5.74) is 1.14. The molecule has 0 heterocycles. The van der Waals surface area contributed by atoms with Gasteiger partial charge in [-0.15, -0.1) is 0 Å². The van der Waals surface area contributed by atoms with Gasteiger partial charge in [0.25, 0.3) is 0 Å². The van der Waals surface area contributed by atoms with Gasteiger partial charge in [-0.25, -0.2) is 0 Å². The fourth-order valence-corrected chi connectivity index (χ4v) is 11.1. The molecule has 0 unspecified atom stereocenters. The van der Waals surface area contributed by atoms with Crippen LogP contribution in [-0.2, 0) is 0 Å². The molecule has 0 spiro atoms. The lowest BCUT2D eigenvalue weighted by Crippen LogP contribution is -2.61. The second-order valence-corrected chi connectivity index (χ2v) is 13.6. The normalized spacial score (nSPS) is 58.0. The van der Waals surface area contributed by atoms with E-state index in [9.17, 15) is 10.2 Å². The van der Waals surface area contributed by atoms with E-state index in [0.29, 0.717) is 29.3 Å². The van der Waals surface area contributed by atoms with Crippen molar-refractivity contribution in [2.75, 3.05) is 6.61 Å². The molecular formula is C28H48O2. The first kappa shape index (κ1) is 21.7. The van der Waals surface area contributed by atoms with Crippen LogP contribution in [0.5, 0.6) is 0 Å². The number of hydrogen-bond donors (Lipinski definition) is 2. The zero-order chi connectivity index (χ0) is 21.5. The molecule has 0 radical (unpaired) electrons. The van der Waals surface area contributed by atoms with Crippen molar-refractivity contribution in [3.63, 3.8) is 0 Å². The van der Waals surface area contributed by atoms with Gasteiger partial charge in [0, 0.05) is 6.61 Å². The Labute approximate surface area is 185 Å². The van der Waals surface area contributed by atoms with Crippen molar-refractivity contribution < 1.29 is 10.2 Å². The van der Waals surface area contributed by atoms with Crippen molar-refractivity contribution in [1.82, 2.24) is 0 Å². The summed E-state index contributed by atoms with van der Waals surface area (Å²) in [6, 6.07) is 0. The van der Waals surface area contributed by atoms with Crippen molar-refractivity contribution >= 4 is 0 Å². The van der Waals surface area contributed by atoms with E-state index in [2.05, 4.69) is 34.6 Å². The smallest absolute Gasteiger partial charge is 0.0568 e. The van der Waals surface area contributed by atoms with Gasteiger partial charge in [0.05, 0.1) is 6.10 Å². The Balaban J connectivity index is 1.48. The highest BCUT2D eigenvalue weighted by atomic mass is 16.3. The molecule has 0 saturated heterocycles. The summed E-state index contributed by atoms with van der Waals surface area (Å²) in [5.74, 6) is 6.06. The molecule has 0 aliphatic heterocycles. The number of aliphatic hydroxyl groups is 2. The molecule has 5 aliphatic rings. The van der Waals surface area contributed by atoms with E-state index >= 15 is 0 Å². The first-order valence-electron chi connectivity index (χ1n) is 13.5. The Hall–Kier alpha value is -0.0800. The monoisotopic (exact) mass is 416 g/mol. The largest absolute Gasteiger partial charge is 0.396 e. The van der Waals surface area contributed by atoms with Crippen LogP contribution in [0.15, 0.2) is 0 Å².